The van der Waals surface area contributed by atoms with Gasteiger partial charge in [0.2, 0.25) is 0 Å². The number of alkyl halides is 2. The smallest absolute Gasteiger partial charge is 0.130 e. The summed E-state index contributed by atoms with van der Waals surface area (Å²) in [5.74, 6) is 6.36. The average molecular weight is 1740 g/mol. The van der Waals surface area contributed by atoms with Crippen LogP contribution < -0.4 is 28.4 Å². The summed E-state index contributed by atoms with van der Waals surface area (Å²) in [6.45, 7) is 7.06. The zero-order valence-corrected chi connectivity index (χ0v) is 72.2. The van der Waals surface area contributed by atoms with Gasteiger partial charge in [-0.3, -0.25) is 0 Å². The number of halogens is 2. The third-order valence-corrected chi connectivity index (χ3v) is 26.5. The number of hydrogen-bond acceptors (Lipinski definition) is 10. The van der Waals surface area contributed by atoms with E-state index in [0.717, 1.165) is 162 Å². The standard InChI is InChI=1S/C40H42O4.C30H26O2.C26H18O4.C14H12Br2/c1-3-11-25-41-33-21-15-23-35-39(33)37-29-17-7-9-19-31(29)38(32-20-10-8-18-30(32)37)40-34(42-26-12-4-1)22-16-24-36(40)44-28-14-6-2-5-13-27-43-35;1-19-11-9-17-25(31-3)27(19)29-21-13-5-7-15-23(21)30(24-16-8-6-14-22(24)29)28-20(2)12-10-18-26(28)32-4;27-19-11-5-12-20(28)25(19)23-15-7-1-2-8-16(15)24(18-10-4-3-9-17(18)23)26-21(29)13-6-14-22(26)30;15-13-9-5-1-2-6-10(9)14(16)12-8-4-3-7-11(12)13/h7-10,15-24H,1-6,11-14,25-28H2;5-18H,1-4H3;1-14,27-30H;1-10,13-14H. The number of allylic oxidation sites excluding steroid dienone is 4. The van der Waals surface area contributed by atoms with Gasteiger partial charge >= 0.3 is 0 Å². The Labute approximate surface area is 730 Å². The second-order valence-electron chi connectivity index (χ2n) is 31.7. The van der Waals surface area contributed by atoms with Crippen LogP contribution in [-0.2, 0) is 0 Å². The number of hydrogen-bond donors (Lipinski definition) is 4. The Bertz CT molecular complexity index is 5960. The molecule has 4 atom stereocenters. The topological polar surface area (TPSA) is 136 Å². The molecule has 10 nitrogen and oxygen atoms in total. The molecule has 0 aromatic heterocycles. The molecule has 4 aliphatic rings. The lowest BCUT2D eigenvalue weighted by molar-refractivity contribution is 0.282. The number of phenolic OH excluding ortho intramolecular Hbond substituents is 4. The molecule has 12 heteroatoms. The summed E-state index contributed by atoms with van der Waals surface area (Å²) in [4.78, 5) is 0.868. The molecule has 0 radical (unpaired) electrons. The van der Waals surface area contributed by atoms with Crippen LogP contribution >= 0.6 is 31.9 Å². The molecular weight excluding hydrogens is 1640 g/mol. The van der Waals surface area contributed by atoms with Crippen LogP contribution in [-0.4, -0.2) is 61.1 Å². The van der Waals surface area contributed by atoms with Gasteiger partial charge in [0.1, 0.15) is 57.5 Å². The molecule has 0 saturated carbocycles. The van der Waals surface area contributed by atoms with E-state index in [-0.39, 0.29) is 23.0 Å². The Morgan fingerprint density at radius 3 is 0.730 bits per heavy atom. The molecule has 122 heavy (non-hydrogen) atoms. The number of aryl methyl sites for hydroxylation is 2. The van der Waals surface area contributed by atoms with Gasteiger partial charge in [-0.25, -0.2) is 0 Å². The Morgan fingerprint density at radius 2 is 0.467 bits per heavy atom. The molecule has 0 amide bonds. The van der Waals surface area contributed by atoms with E-state index in [1.54, 1.807) is 50.6 Å². The van der Waals surface area contributed by atoms with Gasteiger partial charge in [-0.05, 0) is 187 Å². The van der Waals surface area contributed by atoms with Crippen molar-refractivity contribution in [1.29, 1.82) is 0 Å². The number of rotatable bonds is 6. The maximum atomic E-state index is 10.6. The average Bonchev–Trinajstić information content (AvgIpc) is 0.742. The molecular formula is C110H98Br2O10. The van der Waals surface area contributed by atoms with Crippen molar-refractivity contribution in [3.05, 3.63) is 326 Å². The number of phenols is 4. The van der Waals surface area contributed by atoms with Crippen LogP contribution in [0.2, 0.25) is 0 Å². The van der Waals surface area contributed by atoms with Gasteiger partial charge in [0.25, 0.3) is 0 Å². The summed E-state index contributed by atoms with van der Waals surface area (Å²) in [6.07, 6.45) is 19.9. The number of ether oxygens (including phenoxy) is 6. The molecule has 0 saturated heterocycles. The van der Waals surface area contributed by atoms with Crippen LogP contribution in [0.25, 0.3) is 131 Å². The first-order valence-corrected chi connectivity index (χ1v) is 44.4. The minimum Gasteiger partial charge on any atom is -0.507 e. The lowest BCUT2D eigenvalue weighted by Gasteiger charge is -2.38. The largest absolute Gasteiger partial charge is 0.507 e. The molecule has 4 unspecified atom stereocenters. The van der Waals surface area contributed by atoms with Gasteiger partial charge in [0.05, 0.1) is 62.9 Å². The van der Waals surface area contributed by atoms with Crippen molar-refractivity contribution in [2.45, 2.75) is 87.7 Å². The SMILES string of the molecule is BrC1c2ccccc2C(Br)C2C=CC=CC12.COc1cccc(C)c1-c1c2ccccc2c(-c2c(C)cccc2OC)c2ccccc12.Oc1cccc(O)c1-c1c2ccccc2c(-c2c(O)cccc2O)c2ccccc12.c1cc2c3c(c1)OCCCCCCCOc1cccc(c1-c1c4ccccc4c-3c3ccccc13)OCCCCCCCO2. The van der Waals surface area contributed by atoms with Crippen LogP contribution in [0.15, 0.2) is 303 Å². The summed E-state index contributed by atoms with van der Waals surface area (Å²) < 4.78 is 38.2. The molecule has 0 spiro atoms. The molecule has 16 aromatic rings. The Balaban J connectivity index is 0.000000121. The highest BCUT2D eigenvalue weighted by Gasteiger charge is 2.39. The Morgan fingerprint density at radius 1 is 0.246 bits per heavy atom. The fourth-order valence-corrected chi connectivity index (χ4v) is 20.6. The second-order valence-corrected chi connectivity index (χ2v) is 33.7. The molecule has 2 aliphatic heterocycles. The van der Waals surface area contributed by atoms with Gasteiger partial charge in [-0.15, -0.1) is 0 Å². The summed E-state index contributed by atoms with van der Waals surface area (Å²) in [7, 11) is 3.49. The van der Waals surface area contributed by atoms with Crippen molar-refractivity contribution < 1.29 is 48.8 Å². The van der Waals surface area contributed by atoms with E-state index in [1.807, 2.05) is 60.7 Å². The number of methoxy groups -OCH3 is 2. The third-order valence-electron chi connectivity index (χ3n) is 24.3. The van der Waals surface area contributed by atoms with E-state index in [1.165, 1.54) is 67.8 Å². The van der Waals surface area contributed by atoms with E-state index >= 15 is 0 Å². The minimum atomic E-state index is -0.0246. The van der Waals surface area contributed by atoms with Crippen molar-refractivity contribution in [3.8, 4) is 124 Å². The summed E-state index contributed by atoms with van der Waals surface area (Å²) in [6, 6.07) is 93.2. The first-order chi connectivity index (χ1) is 59.9. The zero-order chi connectivity index (χ0) is 83.7. The van der Waals surface area contributed by atoms with Crippen LogP contribution in [0.3, 0.4) is 0 Å². The van der Waals surface area contributed by atoms with Gasteiger partial charge in [0.15, 0.2) is 0 Å². The predicted molar refractivity (Wildman–Crippen MR) is 509 cm³/mol. The molecule has 16 aromatic carbocycles. The summed E-state index contributed by atoms with van der Waals surface area (Å²) in [5, 5.41) is 55.0. The van der Waals surface area contributed by atoms with E-state index < -0.39 is 0 Å². The lowest BCUT2D eigenvalue weighted by atomic mass is 9.74. The fourth-order valence-electron chi connectivity index (χ4n) is 18.7. The molecule has 4 N–H and O–H groups in total. The van der Waals surface area contributed by atoms with Crippen LogP contribution in [0, 0.1) is 25.7 Å². The van der Waals surface area contributed by atoms with Crippen molar-refractivity contribution in [2.24, 2.45) is 11.8 Å². The molecule has 4 bridgehead atoms. The van der Waals surface area contributed by atoms with E-state index in [4.69, 9.17) is 28.4 Å². The van der Waals surface area contributed by atoms with Crippen molar-refractivity contribution in [3.63, 3.8) is 0 Å². The molecule has 612 valence electrons. The second kappa shape index (κ2) is 37.2. The zero-order valence-electron chi connectivity index (χ0n) is 69.1. The highest BCUT2D eigenvalue weighted by molar-refractivity contribution is 9.09. The van der Waals surface area contributed by atoms with E-state index in [9.17, 15) is 20.4 Å². The maximum absolute atomic E-state index is 10.6. The Hall–Kier alpha value is -12.5. The van der Waals surface area contributed by atoms with E-state index in [0.29, 0.717) is 70.2 Å². The number of aromatic hydroxyl groups is 4. The van der Waals surface area contributed by atoms with Crippen molar-refractivity contribution >= 4 is 96.5 Å². The first kappa shape index (κ1) is 81.9. The third kappa shape index (κ3) is 16.1. The Kier molecular flexibility index (Phi) is 25.0. The lowest BCUT2D eigenvalue weighted by Crippen LogP contribution is -2.27. The highest BCUT2D eigenvalue weighted by Crippen LogP contribution is 2.57. The van der Waals surface area contributed by atoms with Crippen LogP contribution in [0.5, 0.6) is 57.5 Å². The normalized spacial score (nSPS) is 16.3. The fraction of sp³-hybridized carbons (Fsp3) is 0.200. The van der Waals surface area contributed by atoms with Gasteiger partial charge < -0.3 is 48.8 Å². The van der Waals surface area contributed by atoms with Crippen molar-refractivity contribution in [1.82, 2.24) is 0 Å². The maximum Gasteiger partial charge on any atom is 0.130 e. The predicted octanol–water partition coefficient (Wildman–Crippen LogP) is 29.8. The number of fused-ring (bicyclic) bond motifs is 7. The first-order valence-electron chi connectivity index (χ1n) is 42.5. The van der Waals surface area contributed by atoms with Crippen LogP contribution in [0.4, 0.5) is 0 Å². The summed E-state index contributed by atoms with van der Waals surface area (Å²) >= 11 is 7.70. The van der Waals surface area contributed by atoms with E-state index in [2.05, 4.69) is 252 Å². The molecule has 20 rings (SSSR count). The van der Waals surface area contributed by atoms with Crippen molar-refractivity contribution in [2.75, 3.05) is 40.6 Å². The number of benzene rings is 16. The molecule has 2 aliphatic carbocycles. The quantitative estimate of drug-likeness (QED) is 0.0941. The molecule has 2 heterocycles. The monoisotopic (exact) mass is 1740 g/mol. The van der Waals surface area contributed by atoms with Gasteiger partial charge in [0, 0.05) is 66.0 Å². The summed E-state index contributed by atoms with van der Waals surface area (Å²) in [5.41, 5.74) is 16.4. The van der Waals surface area contributed by atoms with Crippen LogP contribution in [0.1, 0.15) is 96.1 Å². The highest BCUT2D eigenvalue weighted by atomic mass is 79.9. The van der Waals surface area contributed by atoms with Gasteiger partial charge in [-0.1, -0.05) is 313 Å². The minimum absolute atomic E-state index is 0.0246. The molecule has 0 fully saturated rings. The van der Waals surface area contributed by atoms with Gasteiger partial charge in [-0.2, -0.15) is 0 Å².